The van der Waals surface area contributed by atoms with Crippen LogP contribution in [0.25, 0.3) is 6.08 Å². The number of likely N-dealkylation sites (N-methyl/N-ethyl adjacent to an activating group) is 1. The third-order valence-electron chi connectivity index (χ3n) is 4.84. The topological polar surface area (TPSA) is 52.7 Å². The van der Waals surface area contributed by atoms with Crippen LogP contribution in [-0.4, -0.2) is 48.4 Å². The van der Waals surface area contributed by atoms with Gasteiger partial charge in [-0.3, -0.25) is 4.79 Å². The van der Waals surface area contributed by atoms with E-state index in [0.717, 1.165) is 31.5 Å². The van der Waals surface area contributed by atoms with Gasteiger partial charge in [-0.1, -0.05) is 48.6 Å². The number of likely N-dealkylation sites (tertiary alicyclic amines) is 1. The first-order chi connectivity index (χ1) is 13.6. The molecule has 1 fully saturated rings. The monoisotopic (exact) mass is 377 g/mol. The quantitative estimate of drug-likeness (QED) is 0.835. The van der Waals surface area contributed by atoms with Gasteiger partial charge in [0.25, 0.3) is 5.91 Å². The Morgan fingerprint density at radius 2 is 1.79 bits per heavy atom. The lowest BCUT2D eigenvalue weighted by Crippen LogP contribution is -2.35. The Morgan fingerprint density at radius 3 is 2.54 bits per heavy atom. The first-order valence-electron chi connectivity index (χ1n) is 9.76. The number of nitrogens with one attached hydrogen (secondary N) is 1. The number of rotatable bonds is 5. The molecule has 0 aromatic heterocycles. The Kier molecular flexibility index (Phi) is 6.84. The van der Waals surface area contributed by atoms with E-state index >= 15 is 0 Å². The van der Waals surface area contributed by atoms with Gasteiger partial charge in [-0.25, -0.2) is 4.79 Å². The van der Waals surface area contributed by atoms with Gasteiger partial charge >= 0.3 is 6.03 Å². The van der Waals surface area contributed by atoms with Crippen molar-refractivity contribution in [3.8, 4) is 0 Å². The SMILES string of the molecule is CN(CC=Cc1ccccc1)C(=O)Nc1cccc(C(=O)N2CCCCC2)c1. The Bertz CT molecular complexity index is 827. The average molecular weight is 377 g/mol. The first kappa shape index (κ1) is 19.7. The molecule has 5 heteroatoms. The molecule has 3 rings (SSSR count). The van der Waals surface area contributed by atoms with E-state index in [1.165, 1.54) is 6.42 Å². The number of hydrogen-bond acceptors (Lipinski definition) is 2. The van der Waals surface area contributed by atoms with Crippen molar-refractivity contribution >= 4 is 23.7 Å². The Morgan fingerprint density at radius 1 is 1.04 bits per heavy atom. The summed E-state index contributed by atoms with van der Waals surface area (Å²) in [7, 11) is 1.74. The maximum atomic E-state index is 12.6. The van der Waals surface area contributed by atoms with Crippen molar-refractivity contribution in [2.75, 3.05) is 32.0 Å². The molecule has 1 saturated heterocycles. The van der Waals surface area contributed by atoms with E-state index in [0.29, 0.717) is 17.8 Å². The molecule has 1 aliphatic rings. The zero-order valence-electron chi connectivity index (χ0n) is 16.3. The van der Waals surface area contributed by atoms with Crippen LogP contribution in [-0.2, 0) is 0 Å². The Hall–Kier alpha value is -3.08. The molecule has 0 bridgehead atoms. The second-order valence-corrected chi connectivity index (χ2v) is 7.06. The van der Waals surface area contributed by atoms with Crippen LogP contribution >= 0.6 is 0 Å². The number of carbonyl (C=O) groups excluding carboxylic acids is 2. The fourth-order valence-corrected chi connectivity index (χ4v) is 3.22. The lowest BCUT2D eigenvalue weighted by molar-refractivity contribution is 0.0724. The predicted molar refractivity (Wildman–Crippen MR) is 113 cm³/mol. The number of carbonyl (C=O) groups is 2. The summed E-state index contributed by atoms with van der Waals surface area (Å²) in [5.41, 5.74) is 2.35. The third kappa shape index (κ3) is 5.46. The van der Waals surface area contributed by atoms with Gasteiger partial charge in [0.05, 0.1) is 0 Å². The van der Waals surface area contributed by atoms with E-state index in [2.05, 4.69) is 5.32 Å². The number of benzene rings is 2. The van der Waals surface area contributed by atoms with Crippen molar-refractivity contribution in [1.82, 2.24) is 9.80 Å². The normalized spacial score (nSPS) is 14.1. The number of amides is 3. The van der Waals surface area contributed by atoms with Gasteiger partial charge in [0.1, 0.15) is 0 Å². The zero-order valence-corrected chi connectivity index (χ0v) is 16.3. The summed E-state index contributed by atoms with van der Waals surface area (Å²) in [5.74, 6) is 0.0370. The first-order valence-corrected chi connectivity index (χ1v) is 9.76. The highest BCUT2D eigenvalue weighted by Gasteiger charge is 2.18. The van der Waals surface area contributed by atoms with Crippen LogP contribution < -0.4 is 5.32 Å². The number of nitrogens with zero attached hydrogens (tertiary/aromatic N) is 2. The lowest BCUT2D eigenvalue weighted by Gasteiger charge is -2.27. The van der Waals surface area contributed by atoms with Gasteiger partial charge in [0.2, 0.25) is 0 Å². The van der Waals surface area contributed by atoms with Gasteiger partial charge in [0.15, 0.2) is 0 Å². The zero-order chi connectivity index (χ0) is 19.8. The molecule has 1 aliphatic heterocycles. The van der Waals surface area contributed by atoms with Crippen LogP contribution in [0.2, 0.25) is 0 Å². The van der Waals surface area contributed by atoms with Crippen LogP contribution in [0.1, 0.15) is 35.2 Å². The van der Waals surface area contributed by atoms with Gasteiger partial charge in [-0.2, -0.15) is 0 Å². The Balaban J connectivity index is 1.56. The summed E-state index contributed by atoms with van der Waals surface area (Å²) in [6.45, 7) is 2.12. The number of piperidine rings is 1. The van der Waals surface area contributed by atoms with Gasteiger partial charge < -0.3 is 15.1 Å². The molecule has 0 saturated carbocycles. The second kappa shape index (κ2) is 9.74. The highest BCUT2D eigenvalue weighted by Crippen LogP contribution is 2.16. The molecule has 0 atom stereocenters. The molecule has 1 N–H and O–H groups in total. The summed E-state index contributed by atoms with van der Waals surface area (Å²) >= 11 is 0. The standard InChI is InChI=1S/C23H27N3O2/c1-25(15-9-12-19-10-4-2-5-11-19)23(28)24-21-14-8-13-20(18-21)22(27)26-16-6-3-7-17-26/h2,4-5,8-14,18H,3,6-7,15-17H2,1H3,(H,24,28). The maximum absolute atomic E-state index is 12.6. The molecule has 0 unspecified atom stereocenters. The molecule has 28 heavy (non-hydrogen) atoms. The molecular formula is C23H27N3O2. The minimum atomic E-state index is -0.208. The van der Waals surface area contributed by atoms with E-state index in [9.17, 15) is 9.59 Å². The van der Waals surface area contributed by atoms with E-state index in [-0.39, 0.29) is 11.9 Å². The van der Waals surface area contributed by atoms with Crippen LogP contribution in [0.5, 0.6) is 0 Å². The van der Waals surface area contributed by atoms with Crippen LogP contribution in [0.4, 0.5) is 10.5 Å². The summed E-state index contributed by atoms with van der Waals surface area (Å²) in [4.78, 5) is 28.6. The number of anilines is 1. The third-order valence-corrected chi connectivity index (χ3v) is 4.84. The lowest BCUT2D eigenvalue weighted by atomic mass is 10.1. The van der Waals surface area contributed by atoms with Crippen LogP contribution in [0, 0.1) is 0 Å². The molecule has 0 spiro atoms. The van der Waals surface area contributed by atoms with E-state index < -0.39 is 0 Å². The van der Waals surface area contributed by atoms with Crippen molar-refractivity contribution in [2.45, 2.75) is 19.3 Å². The Labute approximate surface area is 166 Å². The molecule has 3 amide bonds. The molecule has 0 aliphatic carbocycles. The minimum absolute atomic E-state index is 0.0370. The summed E-state index contributed by atoms with van der Waals surface area (Å²) in [5, 5.41) is 2.87. The molecule has 146 valence electrons. The van der Waals surface area contributed by atoms with Crippen molar-refractivity contribution < 1.29 is 9.59 Å². The smallest absolute Gasteiger partial charge is 0.321 e. The van der Waals surface area contributed by atoms with Crippen LogP contribution in [0.15, 0.2) is 60.7 Å². The second-order valence-electron chi connectivity index (χ2n) is 7.06. The average Bonchev–Trinajstić information content (AvgIpc) is 2.74. The summed E-state index contributed by atoms with van der Waals surface area (Å²) in [6, 6.07) is 16.9. The number of hydrogen-bond donors (Lipinski definition) is 1. The summed E-state index contributed by atoms with van der Waals surface area (Å²) < 4.78 is 0. The number of urea groups is 1. The van der Waals surface area contributed by atoms with Gasteiger partial charge in [-0.15, -0.1) is 0 Å². The van der Waals surface area contributed by atoms with E-state index in [4.69, 9.17) is 0 Å². The largest absolute Gasteiger partial charge is 0.339 e. The van der Waals surface area contributed by atoms with Gasteiger partial charge in [-0.05, 0) is 43.0 Å². The fourth-order valence-electron chi connectivity index (χ4n) is 3.22. The highest BCUT2D eigenvalue weighted by atomic mass is 16.2. The molecule has 2 aromatic carbocycles. The van der Waals surface area contributed by atoms with Gasteiger partial charge in [0, 0.05) is 37.9 Å². The molecule has 5 nitrogen and oxygen atoms in total. The minimum Gasteiger partial charge on any atom is -0.339 e. The van der Waals surface area contributed by atoms with E-state index in [1.54, 1.807) is 30.1 Å². The van der Waals surface area contributed by atoms with Crippen molar-refractivity contribution in [1.29, 1.82) is 0 Å². The highest BCUT2D eigenvalue weighted by molar-refractivity contribution is 5.97. The molecule has 1 heterocycles. The van der Waals surface area contributed by atoms with Crippen molar-refractivity contribution in [3.05, 3.63) is 71.8 Å². The van der Waals surface area contributed by atoms with Crippen LogP contribution in [0.3, 0.4) is 0 Å². The predicted octanol–water partition coefficient (Wildman–Crippen LogP) is 4.49. The van der Waals surface area contributed by atoms with Crippen molar-refractivity contribution in [2.24, 2.45) is 0 Å². The fraction of sp³-hybridized carbons (Fsp3) is 0.304. The molecule has 2 aromatic rings. The molecular weight excluding hydrogens is 350 g/mol. The summed E-state index contributed by atoms with van der Waals surface area (Å²) in [6.07, 6.45) is 7.24. The van der Waals surface area contributed by atoms with Crippen molar-refractivity contribution in [3.63, 3.8) is 0 Å². The molecule has 0 radical (unpaired) electrons. The maximum Gasteiger partial charge on any atom is 0.321 e. The van der Waals surface area contributed by atoms with E-state index in [1.807, 2.05) is 53.5 Å².